The summed E-state index contributed by atoms with van der Waals surface area (Å²) in [5.41, 5.74) is 7.73. The number of hydrogen-bond donors (Lipinski definition) is 2. The van der Waals surface area contributed by atoms with Gasteiger partial charge in [0.2, 0.25) is 0 Å². The van der Waals surface area contributed by atoms with E-state index in [4.69, 9.17) is 15.7 Å². The second kappa shape index (κ2) is 8.16. The quantitative estimate of drug-likeness (QED) is 0.769. The van der Waals surface area contributed by atoms with Gasteiger partial charge < -0.3 is 15.5 Å². The van der Waals surface area contributed by atoms with E-state index in [-0.39, 0.29) is 11.1 Å². The second-order valence-corrected chi connectivity index (χ2v) is 5.38. The molecule has 0 aliphatic carbocycles. The SMILES string of the molecule is Cc1[nH]c(=O)c(C#N)cc1-c1ccc(OCCCCCN)cc1. The third kappa shape index (κ3) is 4.44. The number of nitrogens with one attached hydrogen (secondary N) is 1. The van der Waals surface area contributed by atoms with Crippen LogP contribution in [0.5, 0.6) is 5.75 Å². The summed E-state index contributed by atoms with van der Waals surface area (Å²) in [6.45, 7) is 3.22. The molecule has 0 atom stereocenters. The number of aromatic amines is 1. The number of ether oxygens (including phenoxy) is 1. The molecule has 120 valence electrons. The van der Waals surface area contributed by atoms with Crippen molar-refractivity contribution in [2.75, 3.05) is 13.2 Å². The van der Waals surface area contributed by atoms with Gasteiger partial charge in [0.05, 0.1) is 6.61 Å². The van der Waals surface area contributed by atoms with Gasteiger partial charge in [0.15, 0.2) is 0 Å². The van der Waals surface area contributed by atoms with Crippen molar-refractivity contribution in [2.24, 2.45) is 5.73 Å². The minimum Gasteiger partial charge on any atom is -0.494 e. The van der Waals surface area contributed by atoms with Crippen molar-refractivity contribution in [1.82, 2.24) is 4.98 Å². The molecule has 0 unspecified atom stereocenters. The Morgan fingerprint density at radius 3 is 2.61 bits per heavy atom. The van der Waals surface area contributed by atoms with E-state index in [1.807, 2.05) is 37.3 Å². The predicted octanol–water partition coefficient (Wildman–Crippen LogP) is 2.73. The Kier molecular flexibility index (Phi) is 5.95. The van der Waals surface area contributed by atoms with Crippen LogP contribution in [0.1, 0.15) is 30.5 Å². The van der Waals surface area contributed by atoms with Crippen molar-refractivity contribution in [3.05, 3.63) is 51.9 Å². The molecule has 2 rings (SSSR count). The zero-order chi connectivity index (χ0) is 16.7. The van der Waals surface area contributed by atoms with E-state index >= 15 is 0 Å². The molecule has 1 aromatic carbocycles. The van der Waals surface area contributed by atoms with Crippen LogP contribution in [0, 0.1) is 18.3 Å². The summed E-state index contributed by atoms with van der Waals surface area (Å²) in [6, 6.07) is 11.2. The van der Waals surface area contributed by atoms with Crippen molar-refractivity contribution < 1.29 is 4.74 Å². The molecule has 0 saturated carbocycles. The lowest BCUT2D eigenvalue weighted by atomic mass is 10.0. The number of H-pyrrole nitrogens is 1. The monoisotopic (exact) mass is 311 g/mol. The van der Waals surface area contributed by atoms with E-state index < -0.39 is 0 Å². The summed E-state index contributed by atoms with van der Waals surface area (Å²) in [5, 5.41) is 8.99. The van der Waals surface area contributed by atoms with Gasteiger partial charge in [0.25, 0.3) is 5.56 Å². The molecule has 0 fully saturated rings. The first-order valence-corrected chi connectivity index (χ1v) is 7.73. The zero-order valence-electron chi connectivity index (χ0n) is 13.3. The minimum absolute atomic E-state index is 0.117. The summed E-state index contributed by atoms with van der Waals surface area (Å²) < 4.78 is 5.69. The van der Waals surface area contributed by atoms with Crippen LogP contribution in [0.3, 0.4) is 0 Å². The number of rotatable bonds is 7. The fraction of sp³-hybridized carbons (Fsp3) is 0.333. The number of nitrogens with two attached hydrogens (primary N) is 1. The van der Waals surface area contributed by atoms with E-state index in [1.165, 1.54) is 0 Å². The van der Waals surface area contributed by atoms with Crippen LogP contribution in [0.15, 0.2) is 35.1 Å². The third-order valence-corrected chi connectivity index (χ3v) is 3.64. The Bertz CT molecular complexity index is 742. The molecule has 3 N–H and O–H groups in total. The first-order chi connectivity index (χ1) is 11.2. The molecule has 0 aliphatic rings. The summed E-state index contributed by atoms with van der Waals surface area (Å²) in [5.74, 6) is 0.809. The van der Waals surface area contributed by atoms with Gasteiger partial charge in [-0.2, -0.15) is 5.26 Å². The van der Waals surface area contributed by atoms with Crippen molar-refractivity contribution in [3.63, 3.8) is 0 Å². The first kappa shape index (κ1) is 16.8. The number of benzene rings is 1. The molecule has 0 amide bonds. The van der Waals surface area contributed by atoms with Gasteiger partial charge in [-0.1, -0.05) is 12.1 Å². The maximum atomic E-state index is 11.6. The average molecular weight is 311 g/mol. The zero-order valence-corrected chi connectivity index (χ0v) is 13.3. The molecule has 0 radical (unpaired) electrons. The molecule has 0 bridgehead atoms. The van der Waals surface area contributed by atoms with Crippen LogP contribution in [0.2, 0.25) is 0 Å². The van der Waals surface area contributed by atoms with Crippen molar-refractivity contribution in [2.45, 2.75) is 26.2 Å². The molecule has 23 heavy (non-hydrogen) atoms. The standard InChI is InChI=1S/C18H21N3O2/c1-13-17(11-15(12-20)18(22)21-13)14-5-7-16(8-6-14)23-10-4-2-3-9-19/h5-8,11H,2-4,9-10,19H2,1H3,(H,21,22). The van der Waals surface area contributed by atoms with Gasteiger partial charge in [-0.05, 0) is 56.5 Å². The smallest absolute Gasteiger partial charge is 0.266 e. The van der Waals surface area contributed by atoms with Crippen molar-refractivity contribution in [1.29, 1.82) is 5.26 Å². The maximum absolute atomic E-state index is 11.6. The van der Waals surface area contributed by atoms with Crippen LogP contribution in [-0.2, 0) is 0 Å². The molecule has 0 saturated heterocycles. The Hall–Kier alpha value is -2.58. The number of nitriles is 1. The largest absolute Gasteiger partial charge is 0.494 e. The van der Waals surface area contributed by atoms with E-state index in [0.717, 1.165) is 48.4 Å². The normalized spacial score (nSPS) is 10.3. The van der Waals surface area contributed by atoms with Crippen LogP contribution < -0.4 is 16.0 Å². The molecular formula is C18H21N3O2. The highest BCUT2D eigenvalue weighted by Crippen LogP contribution is 2.24. The van der Waals surface area contributed by atoms with Crippen molar-refractivity contribution >= 4 is 0 Å². The lowest BCUT2D eigenvalue weighted by molar-refractivity contribution is 0.306. The molecule has 5 heteroatoms. The number of pyridine rings is 1. The summed E-state index contributed by atoms with van der Waals surface area (Å²) >= 11 is 0. The second-order valence-electron chi connectivity index (χ2n) is 5.38. The first-order valence-electron chi connectivity index (χ1n) is 7.73. The van der Waals surface area contributed by atoms with Crippen molar-refractivity contribution in [3.8, 4) is 22.9 Å². The summed E-state index contributed by atoms with van der Waals surface area (Å²) in [4.78, 5) is 14.3. The summed E-state index contributed by atoms with van der Waals surface area (Å²) in [6.07, 6.45) is 3.08. The van der Waals surface area contributed by atoms with E-state index in [2.05, 4.69) is 4.98 Å². The minimum atomic E-state index is -0.355. The fourth-order valence-corrected chi connectivity index (χ4v) is 2.35. The predicted molar refractivity (Wildman–Crippen MR) is 90.4 cm³/mol. The number of unbranched alkanes of at least 4 members (excludes halogenated alkanes) is 2. The highest BCUT2D eigenvalue weighted by atomic mass is 16.5. The number of nitrogens with zero attached hydrogens (tertiary/aromatic N) is 1. The fourth-order valence-electron chi connectivity index (χ4n) is 2.35. The topological polar surface area (TPSA) is 91.9 Å². The van der Waals surface area contributed by atoms with Gasteiger partial charge >= 0.3 is 0 Å². The Morgan fingerprint density at radius 2 is 1.96 bits per heavy atom. The molecule has 1 heterocycles. The van der Waals surface area contributed by atoms with E-state index in [9.17, 15) is 4.79 Å². The van der Waals surface area contributed by atoms with Gasteiger partial charge in [-0.25, -0.2) is 0 Å². The van der Waals surface area contributed by atoms with E-state index in [1.54, 1.807) is 6.07 Å². The molecular weight excluding hydrogens is 290 g/mol. The highest BCUT2D eigenvalue weighted by Gasteiger charge is 2.07. The maximum Gasteiger partial charge on any atom is 0.266 e. The third-order valence-electron chi connectivity index (χ3n) is 3.64. The highest BCUT2D eigenvalue weighted by molar-refractivity contribution is 5.67. The molecule has 2 aromatic rings. The van der Waals surface area contributed by atoms with Crippen LogP contribution in [0.4, 0.5) is 0 Å². The van der Waals surface area contributed by atoms with Crippen LogP contribution >= 0.6 is 0 Å². The van der Waals surface area contributed by atoms with Gasteiger partial charge in [0, 0.05) is 11.3 Å². The summed E-state index contributed by atoms with van der Waals surface area (Å²) in [7, 11) is 0. The average Bonchev–Trinajstić information content (AvgIpc) is 2.56. The number of aromatic nitrogens is 1. The van der Waals surface area contributed by atoms with Gasteiger partial charge in [-0.3, -0.25) is 4.79 Å². The Labute approximate surface area is 135 Å². The number of aryl methyl sites for hydroxylation is 1. The lowest BCUT2D eigenvalue weighted by Gasteiger charge is -2.09. The van der Waals surface area contributed by atoms with Gasteiger partial charge in [0.1, 0.15) is 17.4 Å². The Morgan fingerprint density at radius 1 is 1.22 bits per heavy atom. The molecule has 5 nitrogen and oxygen atoms in total. The van der Waals surface area contributed by atoms with Gasteiger partial charge in [-0.15, -0.1) is 0 Å². The van der Waals surface area contributed by atoms with E-state index in [0.29, 0.717) is 6.61 Å². The molecule has 1 aromatic heterocycles. The Balaban J connectivity index is 2.08. The lowest BCUT2D eigenvalue weighted by Crippen LogP contribution is -2.11. The molecule has 0 spiro atoms. The van der Waals surface area contributed by atoms with Crippen LogP contribution in [0.25, 0.3) is 11.1 Å². The number of hydrogen-bond acceptors (Lipinski definition) is 4. The van der Waals surface area contributed by atoms with Crippen LogP contribution in [-0.4, -0.2) is 18.1 Å². The molecule has 0 aliphatic heterocycles.